The maximum Gasteiger partial charge on any atom is 0.253 e. The van der Waals surface area contributed by atoms with Crippen molar-refractivity contribution in [2.75, 3.05) is 20.1 Å². The molecular weight excluding hydrogens is 356 g/mol. The number of aromatic nitrogens is 1. The maximum atomic E-state index is 12.8. The summed E-state index contributed by atoms with van der Waals surface area (Å²) in [6, 6.07) is 7.59. The van der Waals surface area contributed by atoms with Crippen LogP contribution in [0.3, 0.4) is 0 Å². The topological polar surface area (TPSA) is 98.4 Å². The number of aliphatic hydroxyl groups is 1. The number of fused-ring (bicyclic) bond motifs is 3. The molecule has 1 aromatic heterocycles. The second-order valence-corrected chi connectivity index (χ2v) is 7.38. The Morgan fingerprint density at radius 2 is 2.21 bits per heavy atom. The van der Waals surface area contributed by atoms with Crippen molar-refractivity contribution in [3.8, 4) is 6.07 Å². The molecule has 0 unspecified atom stereocenters. The maximum absolute atomic E-state index is 12.8. The van der Waals surface area contributed by atoms with Crippen LogP contribution in [0.15, 0.2) is 18.2 Å². The number of nitrogens with zero attached hydrogens (tertiary/aromatic N) is 3. The van der Waals surface area contributed by atoms with E-state index in [-0.39, 0.29) is 30.9 Å². The number of aliphatic hydroxyl groups excluding tert-OH is 1. The van der Waals surface area contributed by atoms with E-state index in [9.17, 15) is 14.7 Å². The zero-order chi connectivity index (χ0) is 20.3. The van der Waals surface area contributed by atoms with E-state index in [2.05, 4.69) is 9.88 Å². The van der Waals surface area contributed by atoms with Crippen LogP contribution in [-0.4, -0.2) is 52.6 Å². The third-order valence-corrected chi connectivity index (χ3v) is 5.45. The molecule has 1 atom stereocenters. The van der Waals surface area contributed by atoms with Crippen molar-refractivity contribution < 1.29 is 14.7 Å². The largest absolute Gasteiger partial charge is 0.393 e. The first-order chi connectivity index (χ1) is 13.4. The van der Waals surface area contributed by atoms with Gasteiger partial charge in [-0.25, -0.2) is 0 Å². The van der Waals surface area contributed by atoms with Crippen LogP contribution in [-0.2, 0) is 24.7 Å². The normalized spacial score (nSPS) is 15.7. The highest BCUT2D eigenvalue weighted by molar-refractivity contribution is 5.99. The summed E-state index contributed by atoms with van der Waals surface area (Å²) in [5.74, 6) is -0.272. The SMILES string of the molecule is CN(CCCC(=O)NCC#N)C(=O)c1ccc2c(c1)c1c(n2C)CC[C@@H](O)C1. The van der Waals surface area contributed by atoms with E-state index in [1.165, 1.54) is 5.69 Å². The zero-order valence-corrected chi connectivity index (χ0v) is 16.4. The van der Waals surface area contributed by atoms with E-state index in [1.807, 2.05) is 31.3 Å². The van der Waals surface area contributed by atoms with E-state index in [0.29, 0.717) is 24.9 Å². The molecule has 0 fully saturated rings. The first kappa shape index (κ1) is 19.9. The second-order valence-electron chi connectivity index (χ2n) is 7.38. The molecule has 7 nitrogen and oxygen atoms in total. The molecule has 0 saturated heterocycles. The van der Waals surface area contributed by atoms with E-state index in [0.717, 1.165) is 29.3 Å². The fourth-order valence-corrected chi connectivity index (χ4v) is 3.92. The van der Waals surface area contributed by atoms with Gasteiger partial charge >= 0.3 is 0 Å². The standard InChI is InChI=1S/C21H26N4O3/c1-24(11-3-4-20(27)23-10-9-22)21(28)14-5-7-18-16(12-14)17-13-15(26)6-8-19(17)25(18)2/h5,7,12,15,26H,3-4,6,8,10-11,13H2,1-2H3,(H,23,27)/t15-/m1/s1. The lowest BCUT2D eigenvalue weighted by atomic mass is 9.93. The van der Waals surface area contributed by atoms with Crippen molar-refractivity contribution in [2.45, 2.75) is 38.2 Å². The quantitative estimate of drug-likeness (QED) is 0.740. The number of hydrogen-bond acceptors (Lipinski definition) is 4. The summed E-state index contributed by atoms with van der Waals surface area (Å²) in [4.78, 5) is 26.0. The molecule has 0 aliphatic heterocycles. The summed E-state index contributed by atoms with van der Waals surface area (Å²) in [5, 5.41) is 22.0. The summed E-state index contributed by atoms with van der Waals surface area (Å²) in [6.45, 7) is 0.464. The molecular formula is C21H26N4O3. The Morgan fingerprint density at radius 3 is 2.96 bits per heavy atom. The van der Waals surface area contributed by atoms with Crippen molar-refractivity contribution in [1.82, 2.24) is 14.8 Å². The van der Waals surface area contributed by atoms with Gasteiger partial charge in [0.05, 0.1) is 12.2 Å². The molecule has 148 valence electrons. The minimum atomic E-state index is -0.327. The lowest BCUT2D eigenvalue weighted by Gasteiger charge is -2.19. The van der Waals surface area contributed by atoms with Crippen LogP contribution >= 0.6 is 0 Å². The van der Waals surface area contributed by atoms with Crippen LogP contribution in [0, 0.1) is 11.3 Å². The molecule has 1 heterocycles. The Bertz CT molecular complexity index is 941. The average Bonchev–Trinajstić information content (AvgIpc) is 2.96. The minimum Gasteiger partial charge on any atom is -0.393 e. The average molecular weight is 382 g/mol. The predicted molar refractivity (Wildman–Crippen MR) is 106 cm³/mol. The van der Waals surface area contributed by atoms with Gasteiger partial charge in [0.15, 0.2) is 0 Å². The second kappa shape index (κ2) is 8.44. The Morgan fingerprint density at radius 1 is 1.43 bits per heavy atom. The highest BCUT2D eigenvalue weighted by atomic mass is 16.3. The van der Waals surface area contributed by atoms with Crippen molar-refractivity contribution in [1.29, 1.82) is 5.26 Å². The third kappa shape index (κ3) is 4.02. The van der Waals surface area contributed by atoms with E-state index >= 15 is 0 Å². The molecule has 2 amide bonds. The fraction of sp³-hybridized carbons (Fsp3) is 0.476. The van der Waals surface area contributed by atoms with Crippen LogP contribution in [0.2, 0.25) is 0 Å². The van der Waals surface area contributed by atoms with Gasteiger partial charge in [0, 0.05) is 55.6 Å². The number of hydrogen-bond donors (Lipinski definition) is 2. The Labute approximate surface area is 164 Å². The molecule has 28 heavy (non-hydrogen) atoms. The molecule has 2 aromatic rings. The monoisotopic (exact) mass is 382 g/mol. The van der Waals surface area contributed by atoms with Crippen molar-refractivity contribution >= 4 is 22.7 Å². The van der Waals surface area contributed by atoms with Crippen molar-refractivity contribution in [3.05, 3.63) is 35.0 Å². The van der Waals surface area contributed by atoms with Gasteiger partial charge < -0.3 is 19.9 Å². The Kier molecular flexibility index (Phi) is 6.00. The molecule has 0 bridgehead atoms. The molecule has 3 rings (SSSR count). The van der Waals surface area contributed by atoms with E-state index in [4.69, 9.17) is 5.26 Å². The predicted octanol–water partition coefficient (Wildman–Crippen LogP) is 1.52. The van der Waals surface area contributed by atoms with Crippen molar-refractivity contribution in [3.63, 3.8) is 0 Å². The van der Waals surface area contributed by atoms with Crippen LogP contribution in [0.25, 0.3) is 10.9 Å². The number of nitrogens with one attached hydrogen (secondary N) is 1. The van der Waals surface area contributed by atoms with Gasteiger partial charge in [-0.05, 0) is 43.0 Å². The van der Waals surface area contributed by atoms with Gasteiger partial charge in [-0.3, -0.25) is 9.59 Å². The molecule has 1 aliphatic carbocycles. The highest BCUT2D eigenvalue weighted by Crippen LogP contribution is 2.32. The molecule has 2 N–H and O–H groups in total. The number of rotatable bonds is 6. The number of nitriles is 1. The third-order valence-electron chi connectivity index (χ3n) is 5.45. The Hall–Kier alpha value is -2.85. The zero-order valence-electron chi connectivity index (χ0n) is 16.4. The van der Waals surface area contributed by atoms with Gasteiger partial charge in [0.25, 0.3) is 5.91 Å². The summed E-state index contributed by atoms with van der Waals surface area (Å²) in [7, 11) is 3.76. The summed E-state index contributed by atoms with van der Waals surface area (Å²) >= 11 is 0. The summed E-state index contributed by atoms with van der Waals surface area (Å²) in [6.07, 6.45) is 2.73. The summed E-state index contributed by atoms with van der Waals surface area (Å²) in [5.41, 5.74) is 4.06. The molecule has 0 radical (unpaired) electrons. The number of amides is 2. The Balaban J connectivity index is 1.71. The molecule has 7 heteroatoms. The van der Waals surface area contributed by atoms with Gasteiger partial charge in [0.1, 0.15) is 6.54 Å². The number of carbonyl (C=O) groups is 2. The smallest absolute Gasteiger partial charge is 0.253 e. The lowest BCUT2D eigenvalue weighted by molar-refractivity contribution is -0.121. The molecule has 0 saturated carbocycles. The summed E-state index contributed by atoms with van der Waals surface area (Å²) < 4.78 is 2.16. The van der Waals surface area contributed by atoms with Gasteiger partial charge in [0.2, 0.25) is 5.91 Å². The van der Waals surface area contributed by atoms with Crippen LogP contribution in [0.5, 0.6) is 0 Å². The molecule has 0 spiro atoms. The number of carbonyl (C=O) groups excluding carboxylic acids is 2. The lowest BCUT2D eigenvalue weighted by Crippen LogP contribution is -2.29. The van der Waals surface area contributed by atoms with Crippen LogP contribution < -0.4 is 5.32 Å². The number of aryl methyl sites for hydroxylation is 1. The first-order valence-electron chi connectivity index (χ1n) is 9.59. The highest BCUT2D eigenvalue weighted by Gasteiger charge is 2.24. The number of benzene rings is 1. The first-order valence-corrected chi connectivity index (χ1v) is 9.59. The van der Waals surface area contributed by atoms with Gasteiger partial charge in [-0.2, -0.15) is 5.26 Å². The van der Waals surface area contributed by atoms with Gasteiger partial charge in [-0.1, -0.05) is 0 Å². The van der Waals surface area contributed by atoms with E-state index < -0.39 is 0 Å². The fourth-order valence-electron chi connectivity index (χ4n) is 3.92. The minimum absolute atomic E-state index is 0.00368. The van der Waals surface area contributed by atoms with Crippen LogP contribution in [0.1, 0.15) is 40.9 Å². The van der Waals surface area contributed by atoms with E-state index in [1.54, 1.807) is 11.9 Å². The molecule has 1 aromatic carbocycles. The van der Waals surface area contributed by atoms with Crippen molar-refractivity contribution in [2.24, 2.45) is 7.05 Å². The van der Waals surface area contributed by atoms with Crippen LogP contribution in [0.4, 0.5) is 0 Å². The van der Waals surface area contributed by atoms with Gasteiger partial charge in [-0.15, -0.1) is 0 Å². The molecule has 1 aliphatic rings.